The maximum Gasteiger partial charge on any atom is 0.573 e. The summed E-state index contributed by atoms with van der Waals surface area (Å²) in [4.78, 5) is 23.4. The number of nitrogen functional groups attached to an aromatic ring is 1. The third-order valence-corrected chi connectivity index (χ3v) is 6.35. The van der Waals surface area contributed by atoms with Crippen LogP contribution in [0.3, 0.4) is 0 Å². The van der Waals surface area contributed by atoms with Gasteiger partial charge >= 0.3 is 6.36 Å². The summed E-state index contributed by atoms with van der Waals surface area (Å²) in [5.74, 6) is -1.34. The SMILES string of the molecule is CC.Nc1nc2cc(F)c(C(=O)N3CCC[C@@H]4Oc5cc(OC(F)(F)F)ccc5[C@@H]43)cc2n2cncc12. The summed E-state index contributed by atoms with van der Waals surface area (Å²) < 4.78 is 64.5. The first-order valence-electron chi connectivity index (χ1n) is 11.8. The molecule has 12 heteroatoms. The van der Waals surface area contributed by atoms with Gasteiger partial charge in [-0.05, 0) is 31.0 Å². The number of halogens is 4. The summed E-state index contributed by atoms with van der Waals surface area (Å²) in [6, 6.07) is 5.78. The molecular weight excluding hydrogens is 494 g/mol. The predicted octanol–water partition coefficient (Wildman–Crippen LogP) is 5.27. The lowest BCUT2D eigenvalue weighted by atomic mass is 9.93. The van der Waals surface area contributed by atoms with E-state index in [0.717, 1.165) is 12.1 Å². The number of alkyl halides is 3. The molecule has 2 aromatic heterocycles. The second kappa shape index (κ2) is 9.09. The molecule has 2 atom stereocenters. The summed E-state index contributed by atoms with van der Waals surface area (Å²) in [5, 5.41) is 0. The van der Waals surface area contributed by atoms with Crippen LogP contribution < -0.4 is 15.2 Å². The lowest BCUT2D eigenvalue weighted by molar-refractivity contribution is -0.274. The number of ether oxygens (including phenoxy) is 2. The van der Waals surface area contributed by atoms with E-state index in [1.165, 1.54) is 35.6 Å². The highest BCUT2D eigenvalue weighted by atomic mass is 19.4. The van der Waals surface area contributed by atoms with E-state index in [1.807, 2.05) is 13.8 Å². The number of imidazole rings is 1. The lowest BCUT2D eigenvalue weighted by Crippen LogP contribution is -2.44. The van der Waals surface area contributed by atoms with Gasteiger partial charge in [-0.3, -0.25) is 9.20 Å². The molecule has 0 bridgehead atoms. The Morgan fingerprint density at radius 3 is 2.73 bits per heavy atom. The zero-order chi connectivity index (χ0) is 26.5. The Morgan fingerprint density at radius 2 is 1.97 bits per heavy atom. The molecule has 1 fully saturated rings. The Labute approximate surface area is 208 Å². The number of nitrogens with two attached hydrogens (primary N) is 1. The number of carbonyl (C=O) groups excluding carboxylic acids is 1. The van der Waals surface area contributed by atoms with Gasteiger partial charge in [0.25, 0.3) is 5.91 Å². The number of carbonyl (C=O) groups is 1. The summed E-state index contributed by atoms with van der Waals surface area (Å²) in [6.45, 7) is 4.33. The van der Waals surface area contributed by atoms with Gasteiger partial charge in [0, 0.05) is 24.2 Å². The van der Waals surface area contributed by atoms with Crippen molar-refractivity contribution in [2.45, 2.75) is 45.2 Å². The van der Waals surface area contributed by atoms with Crippen LogP contribution in [0.15, 0.2) is 42.9 Å². The first kappa shape index (κ1) is 24.6. The van der Waals surface area contributed by atoms with Gasteiger partial charge in [-0.2, -0.15) is 0 Å². The monoisotopic (exact) mass is 517 g/mol. The molecule has 2 aliphatic heterocycles. The van der Waals surface area contributed by atoms with Crippen molar-refractivity contribution in [2.75, 3.05) is 12.3 Å². The molecular formula is C25H23F4N5O3. The van der Waals surface area contributed by atoms with Gasteiger partial charge in [-0.15, -0.1) is 13.2 Å². The smallest absolute Gasteiger partial charge is 0.487 e. The highest BCUT2D eigenvalue weighted by Gasteiger charge is 2.44. The van der Waals surface area contributed by atoms with Crippen LogP contribution in [0.4, 0.5) is 23.4 Å². The maximum atomic E-state index is 15.1. The number of hydrogen-bond acceptors (Lipinski definition) is 6. The van der Waals surface area contributed by atoms with E-state index >= 15 is 4.39 Å². The first-order chi connectivity index (χ1) is 17.7. The molecule has 2 N–H and O–H groups in total. The molecule has 8 nitrogen and oxygen atoms in total. The second-order valence-electron chi connectivity index (χ2n) is 8.46. The number of likely N-dealkylation sites (tertiary alicyclic amines) is 1. The van der Waals surface area contributed by atoms with E-state index in [4.69, 9.17) is 10.5 Å². The molecule has 194 valence electrons. The summed E-state index contributed by atoms with van der Waals surface area (Å²) >= 11 is 0. The Hall–Kier alpha value is -4.09. The van der Waals surface area contributed by atoms with E-state index in [9.17, 15) is 18.0 Å². The fraction of sp³-hybridized carbons (Fsp3) is 0.320. The van der Waals surface area contributed by atoms with Gasteiger partial charge in [0.15, 0.2) is 0 Å². The van der Waals surface area contributed by atoms with E-state index in [1.54, 1.807) is 4.40 Å². The molecule has 2 aromatic carbocycles. The van der Waals surface area contributed by atoms with Crippen LogP contribution in [0.25, 0.3) is 16.6 Å². The number of nitrogens with zero attached hydrogens (tertiary/aromatic N) is 4. The molecule has 4 heterocycles. The number of rotatable bonds is 2. The minimum absolute atomic E-state index is 0.162. The zero-order valence-electron chi connectivity index (χ0n) is 19.9. The molecule has 1 amide bonds. The number of aromatic nitrogens is 3. The van der Waals surface area contributed by atoms with Gasteiger partial charge in [-0.25, -0.2) is 14.4 Å². The van der Waals surface area contributed by atoms with E-state index in [2.05, 4.69) is 14.7 Å². The van der Waals surface area contributed by atoms with Crippen LogP contribution in [0, 0.1) is 5.82 Å². The standard InChI is InChI=1S/C23H17F4N5O3.C2H6/c24-14-8-15-16(32-10-29-9-17(32)21(28)30-15)7-13(14)22(33)31-5-1-2-18-20(31)12-4-3-11(6-19(12)34-18)35-23(25,26)27;1-2/h3-4,6-10,18,20H,1-2,5H2,(H2,28,30);1-2H3/t18-,20-;/m0./s1. The summed E-state index contributed by atoms with van der Waals surface area (Å²) in [7, 11) is 0. The average Bonchev–Trinajstić information content (AvgIpc) is 3.49. The van der Waals surface area contributed by atoms with E-state index < -0.39 is 36.0 Å². The Bertz CT molecular complexity index is 1500. The number of benzene rings is 2. The van der Waals surface area contributed by atoms with Crippen LogP contribution >= 0.6 is 0 Å². The quantitative estimate of drug-likeness (QED) is 0.364. The number of anilines is 1. The summed E-state index contributed by atoms with van der Waals surface area (Å²) in [6.07, 6.45) is -1.10. The van der Waals surface area contributed by atoms with Crippen molar-refractivity contribution in [2.24, 2.45) is 0 Å². The molecule has 0 radical (unpaired) electrons. The molecule has 2 aliphatic rings. The highest BCUT2D eigenvalue weighted by Crippen LogP contribution is 2.46. The topological polar surface area (TPSA) is 95.0 Å². The summed E-state index contributed by atoms with van der Waals surface area (Å²) in [5.41, 5.74) is 7.56. The Kier molecular flexibility index (Phi) is 6.04. The molecule has 37 heavy (non-hydrogen) atoms. The van der Waals surface area contributed by atoms with Crippen LogP contribution in [0.2, 0.25) is 0 Å². The van der Waals surface area contributed by atoms with Crippen molar-refractivity contribution in [3.63, 3.8) is 0 Å². The number of hydrogen-bond donors (Lipinski definition) is 1. The largest absolute Gasteiger partial charge is 0.573 e. The van der Waals surface area contributed by atoms with Gasteiger partial charge < -0.3 is 20.1 Å². The molecule has 6 rings (SSSR count). The third-order valence-electron chi connectivity index (χ3n) is 6.35. The van der Waals surface area contributed by atoms with Crippen molar-refractivity contribution in [1.82, 2.24) is 19.3 Å². The van der Waals surface area contributed by atoms with Gasteiger partial charge in [0.1, 0.15) is 34.8 Å². The minimum atomic E-state index is -4.84. The normalized spacial score (nSPS) is 18.6. The van der Waals surface area contributed by atoms with Crippen LogP contribution in [-0.2, 0) is 0 Å². The average molecular weight is 517 g/mol. The fourth-order valence-corrected chi connectivity index (χ4v) is 4.92. The maximum absolute atomic E-state index is 15.1. The molecule has 4 aromatic rings. The third kappa shape index (κ3) is 4.25. The zero-order valence-corrected chi connectivity index (χ0v) is 19.9. The van der Waals surface area contributed by atoms with Crippen LogP contribution in [-0.4, -0.2) is 44.2 Å². The van der Waals surface area contributed by atoms with E-state index in [-0.39, 0.29) is 22.6 Å². The number of fused-ring (bicyclic) bond motifs is 6. The minimum Gasteiger partial charge on any atom is -0.487 e. The number of piperidine rings is 1. The first-order valence-corrected chi connectivity index (χ1v) is 11.8. The van der Waals surface area contributed by atoms with Gasteiger partial charge in [0.05, 0.1) is 35.2 Å². The Morgan fingerprint density at radius 1 is 1.19 bits per heavy atom. The molecule has 0 saturated carbocycles. The fourth-order valence-electron chi connectivity index (χ4n) is 4.92. The molecule has 0 unspecified atom stereocenters. The number of amides is 1. The second-order valence-corrected chi connectivity index (χ2v) is 8.46. The highest BCUT2D eigenvalue weighted by molar-refractivity contribution is 5.99. The van der Waals surface area contributed by atoms with Crippen molar-refractivity contribution in [3.05, 3.63) is 59.8 Å². The predicted molar refractivity (Wildman–Crippen MR) is 127 cm³/mol. The van der Waals surface area contributed by atoms with Crippen molar-refractivity contribution < 1.29 is 31.8 Å². The lowest BCUT2D eigenvalue weighted by Gasteiger charge is -2.36. The van der Waals surface area contributed by atoms with Crippen molar-refractivity contribution in [1.29, 1.82) is 0 Å². The van der Waals surface area contributed by atoms with Crippen molar-refractivity contribution >= 4 is 28.3 Å². The molecule has 0 aliphatic carbocycles. The molecule has 0 spiro atoms. The van der Waals surface area contributed by atoms with E-state index in [0.29, 0.717) is 36.0 Å². The van der Waals surface area contributed by atoms with Crippen LogP contribution in [0.1, 0.15) is 48.7 Å². The van der Waals surface area contributed by atoms with Gasteiger partial charge in [-0.1, -0.05) is 13.8 Å². The van der Waals surface area contributed by atoms with Crippen LogP contribution in [0.5, 0.6) is 11.5 Å². The Balaban J connectivity index is 0.00000137. The van der Waals surface area contributed by atoms with Gasteiger partial charge in [0.2, 0.25) is 0 Å². The van der Waals surface area contributed by atoms with Crippen molar-refractivity contribution in [3.8, 4) is 11.5 Å². The molecule has 1 saturated heterocycles.